The Morgan fingerprint density at radius 2 is 1.48 bits per heavy atom. The molecule has 1 amide bonds. The summed E-state index contributed by atoms with van der Waals surface area (Å²) in [5, 5.41) is 0.615. The minimum atomic E-state index is -4.39. The first-order valence-electron chi connectivity index (χ1n) is 12.9. The van der Waals surface area contributed by atoms with Crippen molar-refractivity contribution in [2.75, 3.05) is 45.9 Å². The van der Waals surface area contributed by atoms with Crippen LogP contribution in [0.1, 0.15) is 40.4 Å². The Labute approximate surface area is 236 Å². The number of hydrogen-bond acceptors (Lipinski definition) is 5. The summed E-state index contributed by atoms with van der Waals surface area (Å²) in [5.41, 5.74) is 1.41. The highest BCUT2D eigenvalue weighted by molar-refractivity contribution is 6.30. The van der Waals surface area contributed by atoms with E-state index in [-0.39, 0.29) is 17.4 Å². The van der Waals surface area contributed by atoms with Gasteiger partial charge in [-0.1, -0.05) is 23.7 Å². The van der Waals surface area contributed by atoms with Gasteiger partial charge in [0, 0.05) is 41.3 Å². The minimum Gasteiger partial charge on any atom is -0.493 e. The van der Waals surface area contributed by atoms with Gasteiger partial charge in [0.15, 0.2) is 11.5 Å². The zero-order valence-electron chi connectivity index (χ0n) is 22.4. The van der Waals surface area contributed by atoms with Crippen LogP contribution in [-0.4, -0.2) is 51.8 Å². The summed E-state index contributed by atoms with van der Waals surface area (Å²) >= 11 is 6.15. The first kappa shape index (κ1) is 28.0. The molecule has 3 aromatic carbocycles. The molecular formula is C30H30ClF3N2O4. The maximum Gasteiger partial charge on any atom is 0.416 e. The lowest BCUT2D eigenvalue weighted by Gasteiger charge is -2.61. The Balaban J connectivity index is 1.37. The van der Waals surface area contributed by atoms with Crippen molar-refractivity contribution in [3.05, 3.63) is 82.4 Å². The number of methoxy groups -OCH3 is 3. The Kier molecular flexibility index (Phi) is 7.52. The molecule has 1 atom stereocenters. The number of hydrogen-bond donors (Lipinski definition) is 0. The van der Waals surface area contributed by atoms with Crippen LogP contribution in [-0.2, 0) is 6.18 Å². The quantitative estimate of drug-likeness (QED) is 0.322. The van der Waals surface area contributed by atoms with E-state index >= 15 is 0 Å². The third-order valence-electron chi connectivity index (χ3n) is 8.05. The fourth-order valence-electron chi connectivity index (χ4n) is 5.97. The van der Waals surface area contributed by atoms with Gasteiger partial charge in [-0.3, -0.25) is 4.79 Å². The summed E-state index contributed by atoms with van der Waals surface area (Å²) in [5.74, 6) is 1.11. The summed E-state index contributed by atoms with van der Waals surface area (Å²) in [7, 11) is 4.52. The van der Waals surface area contributed by atoms with E-state index in [1.165, 1.54) is 33.5 Å². The number of carbonyl (C=O) groups excluding carboxylic acids is 1. The minimum absolute atomic E-state index is 0.0556. The normalized spacial score (nSPS) is 18.3. The van der Waals surface area contributed by atoms with Crippen molar-refractivity contribution >= 4 is 23.2 Å². The van der Waals surface area contributed by atoms with E-state index < -0.39 is 11.7 Å². The van der Waals surface area contributed by atoms with Crippen molar-refractivity contribution in [2.24, 2.45) is 5.41 Å². The Morgan fingerprint density at radius 3 is 1.98 bits per heavy atom. The molecule has 0 aromatic heterocycles. The highest BCUT2D eigenvalue weighted by Crippen LogP contribution is 2.56. The zero-order chi connectivity index (χ0) is 28.7. The summed E-state index contributed by atoms with van der Waals surface area (Å²) in [4.78, 5) is 17.5. The predicted octanol–water partition coefficient (Wildman–Crippen LogP) is 6.87. The smallest absolute Gasteiger partial charge is 0.416 e. The molecule has 2 fully saturated rings. The molecule has 2 aliphatic rings. The van der Waals surface area contributed by atoms with E-state index in [0.717, 1.165) is 36.2 Å². The van der Waals surface area contributed by atoms with Crippen molar-refractivity contribution in [3.8, 4) is 17.2 Å². The third kappa shape index (κ3) is 5.03. The molecule has 5 rings (SSSR count). The van der Waals surface area contributed by atoms with Crippen molar-refractivity contribution < 1.29 is 32.2 Å². The van der Waals surface area contributed by atoms with Gasteiger partial charge < -0.3 is 24.0 Å². The molecule has 1 spiro atoms. The van der Waals surface area contributed by atoms with Crippen LogP contribution in [0.5, 0.6) is 17.2 Å². The highest BCUT2D eigenvalue weighted by atomic mass is 35.5. The molecule has 2 saturated heterocycles. The molecule has 10 heteroatoms. The molecule has 0 saturated carbocycles. The average molecular weight is 575 g/mol. The van der Waals surface area contributed by atoms with Gasteiger partial charge in [-0.2, -0.15) is 13.2 Å². The summed E-state index contributed by atoms with van der Waals surface area (Å²) in [6, 6.07) is 16.2. The maximum absolute atomic E-state index is 13.5. The number of alkyl halides is 3. The summed E-state index contributed by atoms with van der Waals surface area (Å²) in [6.07, 6.45) is -2.90. The second-order valence-electron chi connectivity index (χ2n) is 10.2. The number of halogens is 4. The molecule has 40 heavy (non-hydrogen) atoms. The lowest BCUT2D eigenvalue weighted by molar-refractivity contribution is -0.137. The molecule has 0 bridgehead atoms. The molecule has 0 radical (unpaired) electrons. The van der Waals surface area contributed by atoms with Crippen LogP contribution in [0.25, 0.3) is 0 Å². The maximum atomic E-state index is 13.5. The van der Waals surface area contributed by atoms with Crippen molar-refractivity contribution in [1.82, 2.24) is 4.90 Å². The van der Waals surface area contributed by atoms with Gasteiger partial charge in [0.05, 0.1) is 32.9 Å². The van der Waals surface area contributed by atoms with Crippen molar-refractivity contribution in [1.29, 1.82) is 0 Å². The van der Waals surface area contributed by atoms with E-state index in [1.54, 1.807) is 12.1 Å². The largest absolute Gasteiger partial charge is 0.493 e. The SMILES string of the molecule is COc1cc(C(=O)N2CCC3(CC2)CN(c2ccc(C(F)(F)F)cc2)C3c2ccc(Cl)cc2)cc(OC)c1OC. The second-order valence-corrected chi connectivity index (χ2v) is 10.6. The Morgan fingerprint density at radius 1 is 0.900 bits per heavy atom. The number of rotatable bonds is 6. The molecule has 3 aromatic rings. The number of amides is 1. The van der Waals surface area contributed by atoms with E-state index in [2.05, 4.69) is 4.90 Å². The standard InChI is InChI=1S/C30H30ClF3N2O4/c1-38-24-16-20(17-25(39-2)26(24)40-3)28(37)35-14-12-29(13-15-35)18-36(27(29)19-4-8-22(31)9-5-19)23-10-6-21(7-11-23)30(32,33)34/h4-11,16-17,27H,12-15,18H2,1-3H3. The zero-order valence-corrected chi connectivity index (χ0v) is 23.2. The molecule has 0 N–H and O–H groups in total. The second kappa shape index (κ2) is 10.8. The predicted molar refractivity (Wildman–Crippen MR) is 147 cm³/mol. The highest BCUT2D eigenvalue weighted by Gasteiger charge is 2.54. The summed E-state index contributed by atoms with van der Waals surface area (Å²) < 4.78 is 55.7. The van der Waals surface area contributed by atoms with Gasteiger partial charge in [0.2, 0.25) is 5.75 Å². The fraction of sp³-hybridized carbons (Fsp3) is 0.367. The van der Waals surface area contributed by atoms with Gasteiger partial charge in [-0.05, 0) is 66.9 Å². The van der Waals surface area contributed by atoms with Gasteiger partial charge in [0.1, 0.15) is 0 Å². The average Bonchev–Trinajstić information content (AvgIpc) is 2.95. The van der Waals surface area contributed by atoms with Crippen LogP contribution < -0.4 is 19.1 Å². The first-order chi connectivity index (χ1) is 19.1. The number of piperidine rings is 1. The molecule has 212 valence electrons. The van der Waals surface area contributed by atoms with Crippen LogP contribution in [0, 0.1) is 5.41 Å². The molecule has 1 unspecified atom stereocenters. The molecular weight excluding hydrogens is 545 g/mol. The first-order valence-corrected chi connectivity index (χ1v) is 13.3. The lowest BCUT2D eigenvalue weighted by atomic mass is 9.63. The van der Waals surface area contributed by atoms with E-state index in [4.69, 9.17) is 25.8 Å². The van der Waals surface area contributed by atoms with Gasteiger partial charge in [0.25, 0.3) is 5.91 Å². The lowest BCUT2D eigenvalue weighted by Crippen LogP contribution is -2.62. The van der Waals surface area contributed by atoms with Crippen LogP contribution in [0.15, 0.2) is 60.7 Å². The third-order valence-corrected chi connectivity index (χ3v) is 8.30. The van der Waals surface area contributed by atoms with Crippen molar-refractivity contribution in [2.45, 2.75) is 25.1 Å². The molecule has 2 heterocycles. The molecule has 0 aliphatic carbocycles. The van der Waals surface area contributed by atoms with Gasteiger partial charge >= 0.3 is 6.18 Å². The Bertz CT molecular complexity index is 1350. The monoisotopic (exact) mass is 574 g/mol. The summed E-state index contributed by atoms with van der Waals surface area (Å²) in [6.45, 7) is 1.76. The number of nitrogens with zero attached hydrogens (tertiary/aromatic N) is 2. The number of carbonyl (C=O) groups is 1. The van der Waals surface area contributed by atoms with Crippen LogP contribution in [0.2, 0.25) is 5.02 Å². The topological polar surface area (TPSA) is 51.2 Å². The molecule has 2 aliphatic heterocycles. The Hall–Kier alpha value is -3.59. The van der Waals surface area contributed by atoms with Crippen LogP contribution in [0.3, 0.4) is 0 Å². The number of benzene rings is 3. The van der Waals surface area contributed by atoms with Crippen LogP contribution in [0.4, 0.5) is 18.9 Å². The van der Waals surface area contributed by atoms with E-state index in [0.29, 0.717) is 47.5 Å². The van der Waals surface area contributed by atoms with E-state index in [1.807, 2.05) is 29.2 Å². The fourth-order valence-corrected chi connectivity index (χ4v) is 6.10. The van der Waals surface area contributed by atoms with Gasteiger partial charge in [-0.15, -0.1) is 0 Å². The van der Waals surface area contributed by atoms with Crippen molar-refractivity contribution in [3.63, 3.8) is 0 Å². The van der Waals surface area contributed by atoms with Gasteiger partial charge in [-0.25, -0.2) is 0 Å². The number of anilines is 1. The molecule has 6 nitrogen and oxygen atoms in total. The van der Waals surface area contributed by atoms with Crippen LogP contribution >= 0.6 is 11.6 Å². The van der Waals surface area contributed by atoms with E-state index in [9.17, 15) is 18.0 Å². The number of likely N-dealkylation sites (tertiary alicyclic amines) is 1. The number of ether oxygens (including phenoxy) is 3.